The van der Waals surface area contributed by atoms with Crippen LogP contribution in [0.2, 0.25) is 0 Å². The van der Waals surface area contributed by atoms with Crippen molar-refractivity contribution in [2.45, 2.75) is 13.5 Å². The number of amides is 1. The van der Waals surface area contributed by atoms with E-state index in [1.807, 2.05) is 73.8 Å². The van der Waals surface area contributed by atoms with E-state index in [4.69, 9.17) is 9.72 Å². The highest BCUT2D eigenvalue weighted by molar-refractivity contribution is 6.07. The van der Waals surface area contributed by atoms with E-state index < -0.39 is 0 Å². The molecule has 0 unspecified atom stereocenters. The second kappa shape index (κ2) is 8.37. The number of pyridine rings is 1. The van der Waals surface area contributed by atoms with Crippen molar-refractivity contribution in [3.8, 4) is 17.0 Å². The van der Waals surface area contributed by atoms with E-state index in [1.165, 1.54) is 5.56 Å². The highest BCUT2D eigenvalue weighted by atomic mass is 16.5. The van der Waals surface area contributed by atoms with Crippen LogP contribution in [0, 0.1) is 6.92 Å². The third kappa shape index (κ3) is 4.03. The molecule has 0 saturated carbocycles. The zero-order valence-corrected chi connectivity index (χ0v) is 17.4. The highest BCUT2D eigenvalue weighted by Gasteiger charge is 2.18. The first-order valence-corrected chi connectivity index (χ1v) is 9.90. The van der Waals surface area contributed by atoms with Gasteiger partial charge < -0.3 is 9.64 Å². The molecule has 0 fully saturated rings. The summed E-state index contributed by atoms with van der Waals surface area (Å²) in [5.41, 5.74) is 5.47. The molecular weight excluding hydrogens is 372 g/mol. The number of aromatic nitrogens is 1. The zero-order valence-electron chi connectivity index (χ0n) is 17.4. The van der Waals surface area contributed by atoms with Gasteiger partial charge in [-0.15, -0.1) is 0 Å². The second-order valence-electron chi connectivity index (χ2n) is 7.45. The average molecular weight is 396 g/mol. The summed E-state index contributed by atoms with van der Waals surface area (Å²) in [6, 6.07) is 25.7. The molecule has 4 aromatic rings. The Bertz CT molecular complexity index is 1200. The molecule has 0 aliphatic heterocycles. The lowest BCUT2D eigenvalue weighted by atomic mass is 10.0. The Balaban J connectivity index is 1.72. The molecule has 4 heteroatoms. The molecule has 0 aliphatic carbocycles. The number of nitrogens with zero attached hydrogens (tertiary/aromatic N) is 2. The van der Waals surface area contributed by atoms with Gasteiger partial charge in [0.1, 0.15) is 5.75 Å². The van der Waals surface area contributed by atoms with Crippen molar-refractivity contribution in [3.63, 3.8) is 0 Å². The quantitative estimate of drug-likeness (QED) is 0.448. The molecular formula is C26H24N2O2. The van der Waals surface area contributed by atoms with Gasteiger partial charge in [0.25, 0.3) is 5.91 Å². The maximum Gasteiger partial charge on any atom is 0.254 e. The van der Waals surface area contributed by atoms with E-state index in [9.17, 15) is 4.79 Å². The van der Waals surface area contributed by atoms with Gasteiger partial charge in [0.15, 0.2) is 0 Å². The minimum atomic E-state index is -0.0372. The van der Waals surface area contributed by atoms with E-state index >= 15 is 0 Å². The van der Waals surface area contributed by atoms with E-state index in [2.05, 4.69) is 19.1 Å². The van der Waals surface area contributed by atoms with Crippen LogP contribution >= 0.6 is 0 Å². The van der Waals surface area contributed by atoms with Gasteiger partial charge >= 0.3 is 0 Å². The summed E-state index contributed by atoms with van der Waals surface area (Å²) < 4.78 is 5.30. The number of aryl methyl sites for hydroxylation is 1. The molecule has 0 bridgehead atoms. The zero-order chi connectivity index (χ0) is 21.1. The maximum atomic E-state index is 13.4. The van der Waals surface area contributed by atoms with Crippen LogP contribution in [0.15, 0.2) is 78.9 Å². The normalized spacial score (nSPS) is 10.8. The van der Waals surface area contributed by atoms with E-state index in [1.54, 1.807) is 12.0 Å². The Kier molecular flexibility index (Phi) is 5.48. The van der Waals surface area contributed by atoms with Crippen molar-refractivity contribution >= 4 is 16.8 Å². The summed E-state index contributed by atoms with van der Waals surface area (Å²) >= 11 is 0. The molecule has 3 aromatic carbocycles. The minimum absolute atomic E-state index is 0.0372. The first-order chi connectivity index (χ1) is 14.5. The van der Waals surface area contributed by atoms with Crippen molar-refractivity contribution in [3.05, 3.63) is 95.6 Å². The topological polar surface area (TPSA) is 42.4 Å². The fourth-order valence-corrected chi connectivity index (χ4v) is 3.55. The van der Waals surface area contributed by atoms with E-state index in [0.29, 0.717) is 12.1 Å². The molecule has 4 nitrogen and oxygen atoms in total. The Morgan fingerprint density at radius 1 is 0.967 bits per heavy atom. The molecule has 30 heavy (non-hydrogen) atoms. The summed E-state index contributed by atoms with van der Waals surface area (Å²) in [7, 11) is 3.46. The van der Waals surface area contributed by atoms with Gasteiger partial charge in [-0.1, -0.05) is 60.2 Å². The highest BCUT2D eigenvalue weighted by Crippen LogP contribution is 2.26. The van der Waals surface area contributed by atoms with Crippen molar-refractivity contribution < 1.29 is 9.53 Å². The molecule has 1 amide bonds. The van der Waals surface area contributed by atoms with Gasteiger partial charge in [-0.3, -0.25) is 4.79 Å². The fourth-order valence-electron chi connectivity index (χ4n) is 3.55. The molecule has 150 valence electrons. The Labute approximate surface area is 176 Å². The second-order valence-corrected chi connectivity index (χ2v) is 7.45. The lowest BCUT2D eigenvalue weighted by Crippen LogP contribution is -2.26. The number of fused-ring (bicyclic) bond motifs is 1. The number of para-hydroxylation sites is 1. The lowest BCUT2D eigenvalue weighted by Gasteiger charge is -2.19. The summed E-state index contributed by atoms with van der Waals surface area (Å²) in [5.74, 6) is 0.745. The predicted molar refractivity (Wildman–Crippen MR) is 121 cm³/mol. The number of hydrogen-bond acceptors (Lipinski definition) is 3. The van der Waals surface area contributed by atoms with Gasteiger partial charge in [0.2, 0.25) is 0 Å². The molecule has 0 N–H and O–H groups in total. The number of ether oxygens (including phenoxy) is 1. The third-order valence-corrected chi connectivity index (χ3v) is 5.19. The van der Waals surface area contributed by atoms with Crippen LogP contribution < -0.4 is 4.74 Å². The van der Waals surface area contributed by atoms with Gasteiger partial charge in [0.05, 0.1) is 23.9 Å². The maximum absolute atomic E-state index is 13.4. The van der Waals surface area contributed by atoms with Gasteiger partial charge in [-0.2, -0.15) is 0 Å². The van der Waals surface area contributed by atoms with Crippen molar-refractivity contribution in [1.82, 2.24) is 9.88 Å². The summed E-state index contributed by atoms with van der Waals surface area (Å²) in [6.07, 6.45) is 0. The predicted octanol–water partition coefficient (Wildman–Crippen LogP) is 5.49. The van der Waals surface area contributed by atoms with Gasteiger partial charge in [0, 0.05) is 24.5 Å². The molecule has 1 aromatic heterocycles. The number of hydrogen-bond donors (Lipinski definition) is 0. The monoisotopic (exact) mass is 396 g/mol. The molecule has 0 radical (unpaired) electrons. The lowest BCUT2D eigenvalue weighted by molar-refractivity contribution is 0.0787. The van der Waals surface area contributed by atoms with Crippen LogP contribution in [0.5, 0.6) is 5.75 Å². The SMILES string of the molecule is COc1cccc(CN(C)C(=O)c2cc(-c3ccc(C)cc3)nc3ccccc23)c1. The summed E-state index contributed by atoms with van der Waals surface area (Å²) in [4.78, 5) is 20.0. The number of benzene rings is 3. The van der Waals surface area contributed by atoms with Gasteiger partial charge in [-0.25, -0.2) is 4.98 Å². The molecule has 0 atom stereocenters. The van der Waals surface area contributed by atoms with E-state index in [0.717, 1.165) is 33.5 Å². The molecule has 0 spiro atoms. The van der Waals surface area contributed by atoms with Crippen molar-refractivity contribution in [1.29, 1.82) is 0 Å². The van der Waals surface area contributed by atoms with Crippen molar-refractivity contribution in [2.75, 3.05) is 14.2 Å². The molecule has 0 aliphatic rings. The number of carbonyl (C=O) groups is 1. The number of carbonyl (C=O) groups excluding carboxylic acids is 1. The third-order valence-electron chi connectivity index (χ3n) is 5.19. The molecule has 1 heterocycles. The van der Waals surface area contributed by atoms with Crippen LogP contribution in [-0.4, -0.2) is 29.9 Å². The summed E-state index contributed by atoms with van der Waals surface area (Å²) in [6.45, 7) is 2.55. The first-order valence-electron chi connectivity index (χ1n) is 9.90. The van der Waals surface area contributed by atoms with Crippen LogP contribution in [-0.2, 0) is 6.54 Å². The van der Waals surface area contributed by atoms with Crippen LogP contribution in [0.25, 0.3) is 22.2 Å². The summed E-state index contributed by atoms with van der Waals surface area (Å²) in [5, 5.41) is 0.857. The standard InChI is InChI=1S/C26H24N2O2/c1-18-11-13-20(14-12-18)25-16-23(22-9-4-5-10-24(22)27-25)26(29)28(2)17-19-7-6-8-21(15-19)30-3/h4-16H,17H2,1-3H3. The smallest absolute Gasteiger partial charge is 0.254 e. The van der Waals surface area contributed by atoms with Crippen LogP contribution in [0.3, 0.4) is 0 Å². The fraction of sp³-hybridized carbons (Fsp3) is 0.154. The first kappa shape index (κ1) is 19.6. The van der Waals surface area contributed by atoms with E-state index in [-0.39, 0.29) is 5.91 Å². The van der Waals surface area contributed by atoms with Crippen LogP contribution in [0.1, 0.15) is 21.5 Å². The minimum Gasteiger partial charge on any atom is -0.497 e. The average Bonchev–Trinajstić information content (AvgIpc) is 2.78. The number of methoxy groups -OCH3 is 1. The Morgan fingerprint density at radius 3 is 2.50 bits per heavy atom. The van der Waals surface area contributed by atoms with Gasteiger partial charge in [-0.05, 0) is 36.8 Å². The Hall–Kier alpha value is -3.66. The van der Waals surface area contributed by atoms with Crippen molar-refractivity contribution in [2.24, 2.45) is 0 Å². The molecule has 0 saturated heterocycles. The number of rotatable bonds is 5. The largest absolute Gasteiger partial charge is 0.497 e. The molecule has 4 rings (SSSR count). The Morgan fingerprint density at radius 2 is 1.73 bits per heavy atom. The van der Waals surface area contributed by atoms with Crippen LogP contribution in [0.4, 0.5) is 0 Å².